The summed E-state index contributed by atoms with van der Waals surface area (Å²) in [4.78, 5) is 22.7. The first kappa shape index (κ1) is 17.3. The second-order valence-electron chi connectivity index (χ2n) is 8.21. The molecule has 138 valence electrons. The summed E-state index contributed by atoms with van der Waals surface area (Å²) in [6.07, 6.45) is 7.55. The van der Waals surface area contributed by atoms with Crippen molar-refractivity contribution in [2.75, 3.05) is 0 Å². The molecule has 0 aromatic heterocycles. The van der Waals surface area contributed by atoms with Gasteiger partial charge in [0, 0.05) is 19.3 Å². The molecule has 0 saturated heterocycles. The number of hydrogen-bond acceptors (Lipinski definition) is 4. The molecule has 1 aromatic rings. The third-order valence-electron chi connectivity index (χ3n) is 6.65. The highest BCUT2D eigenvalue weighted by Crippen LogP contribution is 2.59. The number of allylic oxidation sites excluding steroid dienone is 2. The van der Waals surface area contributed by atoms with E-state index in [9.17, 15) is 9.59 Å². The van der Waals surface area contributed by atoms with Gasteiger partial charge in [-0.3, -0.25) is 9.59 Å². The van der Waals surface area contributed by atoms with Crippen molar-refractivity contribution >= 4 is 17.5 Å². The molecule has 0 N–H and O–H groups in total. The fraction of sp³-hybridized carbons (Fsp3) is 0.545. The highest BCUT2D eigenvalue weighted by molar-refractivity contribution is 5.75. The molecule has 3 aliphatic carbocycles. The SMILES string of the molecule is CC(=O)Oc1ccc2c(c1)CCC1C2=CCC2(C)C(OC(C)=O)CCC12. The van der Waals surface area contributed by atoms with E-state index in [1.807, 2.05) is 12.1 Å². The monoisotopic (exact) mass is 354 g/mol. The molecular formula is C22H26O4. The van der Waals surface area contributed by atoms with Crippen molar-refractivity contribution in [3.05, 3.63) is 35.4 Å². The average Bonchev–Trinajstić information content (AvgIpc) is 2.90. The van der Waals surface area contributed by atoms with Crippen molar-refractivity contribution in [1.29, 1.82) is 0 Å². The van der Waals surface area contributed by atoms with Gasteiger partial charge in [0.05, 0.1) is 0 Å². The third kappa shape index (κ3) is 2.76. The molecule has 4 nitrogen and oxygen atoms in total. The zero-order chi connectivity index (χ0) is 18.5. The van der Waals surface area contributed by atoms with E-state index in [0.717, 1.165) is 32.1 Å². The standard InChI is InChI=1S/C22H26O4/c1-13(23)25-16-5-7-17-15(12-16)4-6-19-18(17)10-11-22(3)20(19)8-9-21(22)26-14(2)24/h5,7,10,12,19-21H,4,6,8-9,11H2,1-3H3. The molecule has 4 heteroatoms. The van der Waals surface area contributed by atoms with Gasteiger partial charge in [0.15, 0.2) is 0 Å². The smallest absolute Gasteiger partial charge is 0.308 e. The number of fused-ring (bicyclic) bond motifs is 5. The summed E-state index contributed by atoms with van der Waals surface area (Å²) in [5, 5.41) is 0. The van der Waals surface area contributed by atoms with E-state index in [4.69, 9.17) is 9.47 Å². The zero-order valence-electron chi connectivity index (χ0n) is 15.7. The zero-order valence-corrected chi connectivity index (χ0v) is 15.7. The van der Waals surface area contributed by atoms with Gasteiger partial charge in [-0.05, 0) is 72.8 Å². The lowest BCUT2D eigenvalue weighted by Gasteiger charge is -2.46. The molecule has 1 fully saturated rings. The Morgan fingerprint density at radius 3 is 2.65 bits per heavy atom. The Morgan fingerprint density at radius 2 is 1.92 bits per heavy atom. The van der Waals surface area contributed by atoms with Gasteiger partial charge in [0.25, 0.3) is 0 Å². The first-order valence-electron chi connectivity index (χ1n) is 9.57. The quantitative estimate of drug-likeness (QED) is 0.587. The van der Waals surface area contributed by atoms with E-state index in [1.54, 1.807) is 0 Å². The number of hydrogen-bond donors (Lipinski definition) is 0. The largest absolute Gasteiger partial charge is 0.462 e. The van der Waals surface area contributed by atoms with E-state index in [-0.39, 0.29) is 23.5 Å². The number of rotatable bonds is 2. The van der Waals surface area contributed by atoms with Crippen molar-refractivity contribution in [1.82, 2.24) is 0 Å². The van der Waals surface area contributed by atoms with Gasteiger partial charge in [-0.25, -0.2) is 0 Å². The Hall–Kier alpha value is -2.10. The molecular weight excluding hydrogens is 328 g/mol. The number of aryl methyl sites for hydroxylation is 1. The molecule has 4 unspecified atom stereocenters. The van der Waals surface area contributed by atoms with Crippen LogP contribution in [-0.4, -0.2) is 18.0 Å². The van der Waals surface area contributed by atoms with Gasteiger partial charge in [0.2, 0.25) is 0 Å². The maximum Gasteiger partial charge on any atom is 0.308 e. The van der Waals surface area contributed by atoms with E-state index in [0.29, 0.717) is 17.6 Å². The van der Waals surface area contributed by atoms with Crippen LogP contribution in [0.2, 0.25) is 0 Å². The summed E-state index contributed by atoms with van der Waals surface area (Å²) in [6, 6.07) is 6.01. The van der Waals surface area contributed by atoms with Crippen molar-refractivity contribution < 1.29 is 19.1 Å². The minimum atomic E-state index is -0.284. The van der Waals surface area contributed by atoms with Crippen LogP contribution in [0, 0.1) is 17.3 Å². The molecule has 1 saturated carbocycles. The summed E-state index contributed by atoms with van der Waals surface area (Å²) in [5.41, 5.74) is 4.06. The maximum absolute atomic E-state index is 11.5. The van der Waals surface area contributed by atoms with Crippen molar-refractivity contribution in [3.63, 3.8) is 0 Å². The summed E-state index contributed by atoms with van der Waals surface area (Å²) in [7, 11) is 0. The van der Waals surface area contributed by atoms with Crippen LogP contribution in [0.1, 0.15) is 57.6 Å². The van der Waals surface area contributed by atoms with E-state index in [2.05, 4.69) is 19.1 Å². The molecule has 4 rings (SSSR count). The number of ether oxygens (including phenoxy) is 2. The third-order valence-corrected chi connectivity index (χ3v) is 6.65. The lowest BCUT2D eigenvalue weighted by atomic mass is 9.60. The first-order valence-corrected chi connectivity index (χ1v) is 9.57. The van der Waals surface area contributed by atoms with Crippen LogP contribution in [0.4, 0.5) is 0 Å². The molecule has 26 heavy (non-hydrogen) atoms. The number of esters is 2. The van der Waals surface area contributed by atoms with Crippen LogP contribution in [0.3, 0.4) is 0 Å². The second kappa shape index (κ2) is 6.26. The fourth-order valence-corrected chi connectivity index (χ4v) is 5.53. The average molecular weight is 354 g/mol. The fourth-order valence-electron chi connectivity index (χ4n) is 5.53. The summed E-state index contributed by atoms with van der Waals surface area (Å²) in [5.74, 6) is 1.27. The highest BCUT2D eigenvalue weighted by Gasteiger charge is 2.53. The van der Waals surface area contributed by atoms with Gasteiger partial charge in [-0.1, -0.05) is 19.1 Å². The number of benzene rings is 1. The van der Waals surface area contributed by atoms with E-state index < -0.39 is 0 Å². The topological polar surface area (TPSA) is 52.6 Å². The predicted octanol–water partition coefficient (Wildman–Crippen LogP) is 4.31. The van der Waals surface area contributed by atoms with E-state index in [1.165, 1.54) is 30.5 Å². The Labute approximate surface area is 154 Å². The minimum absolute atomic E-state index is 0.0375. The summed E-state index contributed by atoms with van der Waals surface area (Å²) in [6.45, 7) is 5.24. The summed E-state index contributed by atoms with van der Waals surface area (Å²) < 4.78 is 10.9. The Bertz CT molecular complexity index is 793. The van der Waals surface area contributed by atoms with Crippen LogP contribution >= 0.6 is 0 Å². The van der Waals surface area contributed by atoms with Crippen LogP contribution in [0.15, 0.2) is 24.3 Å². The van der Waals surface area contributed by atoms with Crippen LogP contribution in [-0.2, 0) is 20.7 Å². The molecule has 1 aromatic carbocycles. The van der Waals surface area contributed by atoms with Crippen molar-refractivity contribution in [2.24, 2.45) is 17.3 Å². The molecule has 0 spiro atoms. The molecule has 4 atom stereocenters. The molecule has 0 radical (unpaired) electrons. The molecule has 0 amide bonds. The van der Waals surface area contributed by atoms with Gasteiger partial charge in [-0.2, -0.15) is 0 Å². The lowest BCUT2D eigenvalue weighted by molar-refractivity contribution is -0.152. The van der Waals surface area contributed by atoms with Crippen LogP contribution in [0.25, 0.3) is 5.57 Å². The molecule has 0 bridgehead atoms. The molecule has 3 aliphatic rings. The lowest BCUT2D eigenvalue weighted by Crippen LogP contribution is -2.41. The minimum Gasteiger partial charge on any atom is -0.462 e. The first-order chi connectivity index (χ1) is 12.4. The number of carbonyl (C=O) groups is 2. The second-order valence-corrected chi connectivity index (χ2v) is 8.21. The van der Waals surface area contributed by atoms with Crippen molar-refractivity contribution in [2.45, 2.75) is 59.0 Å². The molecule has 0 heterocycles. The van der Waals surface area contributed by atoms with Gasteiger partial charge in [-0.15, -0.1) is 0 Å². The highest BCUT2D eigenvalue weighted by atomic mass is 16.5. The van der Waals surface area contributed by atoms with E-state index >= 15 is 0 Å². The van der Waals surface area contributed by atoms with Gasteiger partial charge < -0.3 is 9.47 Å². The van der Waals surface area contributed by atoms with Crippen LogP contribution < -0.4 is 4.74 Å². The molecule has 0 aliphatic heterocycles. The Morgan fingerprint density at radius 1 is 1.12 bits per heavy atom. The van der Waals surface area contributed by atoms with Crippen LogP contribution in [0.5, 0.6) is 5.75 Å². The predicted molar refractivity (Wildman–Crippen MR) is 98.5 cm³/mol. The van der Waals surface area contributed by atoms with Gasteiger partial charge in [0.1, 0.15) is 11.9 Å². The summed E-state index contributed by atoms with van der Waals surface area (Å²) >= 11 is 0. The number of carbonyl (C=O) groups excluding carboxylic acids is 2. The Kier molecular flexibility index (Phi) is 4.17. The normalized spacial score (nSPS) is 32.0. The Balaban J connectivity index is 1.65. The maximum atomic E-state index is 11.5. The van der Waals surface area contributed by atoms with Crippen molar-refractivity contribution in [3.8, 4) is 5.75 Å². The van der Waals surface area contributed by atoms with Gasteiger partial charge >= 0.3 is 11.9 Å².